The molecule has 2 N–H and O–H groups in total. The third kappa shape index (κ3) is 3.31. The Bertz CT molecular complexity index is 864. The molecular weight excluding hydrogens is 367 g/mol. The maximum absolute atomic E-state index is 12.6. The largest absolute Gasteiger partial charge is 0.478 e. The van der Waals surface area contributed by atoms with Crippen LogP contribution in [0.5, 0.6) is 0 Å². The highest BCUT2D eigenvalue weighted by atomic mass is 35.5. The average molecular weight is 379 g/mol. The fourth-order valence-electron chi connectivity index (χ4n) is 2.60. The van der Waals surface area contributed by atoms with Crippen molar-refractivity contribution in [3.8, 4) is 0 Å². The Kier molecular flexibility index (Phi) is 4.65. The van der Waals surface area contributed by atoms with Gasteiger partial charge in [-0.3, -0.25) is 9.59 Å². The number of carboxylic acid groups (broad SMARTS) is 1. The van der Waals surface area contributed by atoms with Crippen LogP contribution < -0.4 is 10.2 Å². The highest BCUT2D eigenvalue weighted by Crippen LogP contribution is 2.33. The van der Waals surface area contributed by atoms with E-state index in [-0.39, 0.29) is 17.7 Å². The number of nitrogens with one attached hydrogen (secondary N) is 1. The summed E-state index contributed by atoms with van der Waals surface area (Å²) in [5, 5.41) is 12.6. The molecule has 3 rings (SSSR count). The van der Waals surface area contributed by atoms with Crippen molar-refractivity contribution in [2.45, 2.75) is 12.5 Å². The number of amides is 2. The summed E-state index contributed by atoms with van der Waals surface area (Å²) >= 11 is 12.2. The first-order valence-electron chi connectivity index (χ1n) is 7.29. The van der Waals surface area contributed by atoms with Crippen molar-refractivity contribution in [2.75, 3.05) is 10.2 Å². The SMILES string of the molecule is O=C(O)c1cccc(N2C(=O)CC(Nc3c(Cl)cccc3Cl)C2=O)c1. The molecule has 8 heteroatoms. The van der Waals surface area contributed by atoms with Crippen LogP contribution in [0.1, 0.15) is 16.8 Å². The molecule has 0 radical (unpaired) electrons. The summed E-state index contributed by atoms with van der Waals surface area (Å²) in [6.07, 6.45) is -0.0856. The number of halogens is 2. The lowest BCUT2D eigenvalue weighted by atomic mass is 10.2. The molecule has 1 saturated heterocycles. The van der Waals surface area contributed by atoms with Crippen molar-refractivity contribution in [1.29, 1.82) is 0 Å². The first-order chi connectivity index (χ1) is 11.9. The van der Waals surface area contributed by atoms with Crippen LogP contribution in [-0.2, 0) is 9.59 Å². The van der Waals surface area contributed by atoms with E-state index >= 15 is 0 Å². The summed E-state index contributed by atoms with van der Waals surface area (Å²) in [6, 6.07) is 9.72. The first-order valence-corrected chi connectivity index (χ1v) is 8.05. The van der Waals surface area contributed by atoms with E-state index in [1.54, 1.807) is 18.2 Å². The molecule has 0 spiro atoms. The van der Waals surface area contributed by atoms with Gasteiger partial charge in [0.15, 0.2) is 0 Å². The molecule has 0 aromatic heterocycles. The molecule has 2 aromatic rings. The molecule has 1 unspecified atom stereocenters. The Morgan fingerprint density at radius 3 is 2.40 bits per heavy atom. The van der Waals surface area contributed by atoms with Crippen LogP contribution in [-0.4, -0.2) is 28.9 Å². The topological polar surface area (TPSA) is 86.7 Å². The van der Waals surface area contributed by atoms with Gasteiger partial charge in [-0.1, -0.05) is 35.3 Å². The second kappa shape index (κ2) is 6.74. The standard InChI is InChI=1S/C17H12Cl2N2O4/c18-11-5-2-6-12(19)15(11)20-13-8-14(22)21(16(13)23)10-4-1-3-9(7-10)17(24)25/h1-7,13,20H,8H2,(H,24,25). The predicted octanol–water partition coefficient (Wildman–Crippen LogP) is 3.44. The van der Waals surface area contributed by atoms with Gasteiger partial charge in [0.05, 0.1) is 33.4 Å². The minimum atomic E-state index is -1.14. The third-order valence-corrected chi connectivity index (χ3v) is 4.41. The van der Waals surface area contributed by atoms with Crippen LogP contribution in [0, 0.1) is 0 Å². The number of carbonyl (C=O) groups is 3. The smallest absolute Gasteiger partial charge is 0.335 e. The van der Waals surface area contributed by atoms with Crippen molar-refractivity contribution in [3.05, 3.63) is 58.1 Å². The van der Waals surface area contributed by atoms with Gasteiger partial charge in [0.25, 0.3) is 5.91 Å². The van der Waals surface area contributed by atoms with E-state index in [0.29, 0.717) is 15.7 Å². The summed E-state index contributed by atoms with van der Waals surface area (Å²) in [5.74, 6) is -2.07. The van der Waals surface area contributed by atoms with Crippen LogP contribution in [0.4, 0.5) is 11.4 Å². The zero-order chi connectivity index (χ0) is 18.1. The number of anilines is 2. The Balaban J connectivity index is 1.88. The van der Waals surface area contributed by atoms with Gasteiger partial charge in [-0.2, -0.15) is 0 Å². The highest BCUT2D eigenvalue weighted by Gasteiger charge is 2.40. The fraction of sp³-hybridized carbons (Fsp3) is 0.118. The predicted molar refractivity (Wildman–Crippen MR) is 94.4 cm³/mol. The number of imide groups is 1. The lowest BCUT2D eigenvalue weighted by molar-refractivity contribution is -0.121. The second-order valence-electron chi connectivity index (χ2n) is 5.42. The van der Waals surface area contributed by atoms with Gasteiger partial charge in [-0.15, -0.1) is 0 Å². The van der Waals surface area contributed by atoms with Crippen LogP contribution >= 0.6 is 23.2 Å². The fourth-order valence-corrected chi connectivity index (χ4v) is 3.11. The molecule has 1 atom stereocenters. The van der Waals surface area contributed by atoms with Crippen molar-refractivity contribution < 1.29 is 19.5 Å². The number of benzene rings is 2. The molecule has 2 aromatic carbocycles. The van der Waals surface area contributed by atoms with E-state index in [2.05, 4.69) is 5.32 Å². The minimum absolute atomic E-state index is 0.0105. The lowest BCUT2D eigenvalue weighted by Crippen LogP contribution is -2.35. The highest BCUT2D eigenvalue weighted by molar-refractivity contribution is 6.39. The monoisotopic (exact) mass is 378 g/mol. The number of nitrogens with zero attached hydrogens (tertiary/aromatic N) is 1. The summed E-state index contributed by atoms with van der Waals surface area (Å²) in [4.78, 5) is 37.0. The molecule has 1 fully saturated rings. The molecule has 1 aliphatic heterocycles. The third-order valence-electron chi connectivity index (χ3n) is 3.78. The van der Waals surface area contributed by atoms with Gasteiger partial charge in [0, 0.05) is 0 Å². The number of carboxylic acids is 1. The van der Waals surface area contributed by atoms with Gasteiger partial charge >= 0.3 is 5.97 Å². The van der Waals surface area contributed by atoms with E-state index < -0.39 is 23.8 Å². The average Bonchev–Trinajstić information content (AvgIpc) is 2.85. The molecule has 1 heterocycles. The number of carbonyl (C=O) groups excluding carboxylic acids is 2. The van der Waals surface area contributed by atoms with Crippen molar-refractivity contribution in [2.24, 2.45) is 0 Å². The van der Waals surface area contributed by atoms with Crippen LogP contribution in [0.15, 0.2) is 42.5 Å². The Morgan fingerprint density at radius 1 is 1.12 bits per heavy atom. The van der Waals surface area contributed by atoms with E-state index in [4.69, 9.17) is 28.3 Å². The second-order valence-corrected chi connectivity index (χ2v) is 6.23. The quantitative estimate of drug-likeness (QED) is 0.795. The molecule has 0 bridgehead atoms. The summed E-state index contributed by atoms with van der Waals surface area (Å²) in [6.45, 7) is 0. The van der Waals surface area contributed by atoms with Gasteiger partial charge in [-0.05, 0) is 30.3 Å². The van der Waals surface area contributed by atoms with E-state index in [0.717, 1.165) is 4.90 Å². The zero-order valence-corrected chi connectivity index (χ0v) is 14.2. The van der Waals surface area contributed by atoms with Gasteiger partial charge in [0.2, 0.25) is 5.91 Å². The minimum Gasteiger partial charge on any atom is -0.478 e. The Morgan fingerprint density at radius 2 is 1.76 bits per heavy atom. The number of para-hydroxylation sites is 1. The van der Waals surface area contributed by atoms with E-state index in [1.165, 1.54) is 24.3 Å². The number of hydrogen-bond donors (Lipinski definition) is 2. The number of rotatable bonds is 4. The number of hydrogen-bond acceptors (Lipinski definition) is 4. The van der Waals surface area contributed by atoms with Crippen molar-refractivity contribution >= 4 is 52.4 Å². The summed E-state index contributed by atoms with van der Waals surface area (Å²) < 4.78 is 0. The molecule has 0 aliphatic carbocycles. The zero-order valence-electron chi connectivity index (χ0n) is 12.7. The van der Waals surface area contributed by atoms with Crippen molar-refractivity contribution in [3.63, 3.8) is 0 Å². The summed E-state index contributed by atoms with van der Waals surface area (Å²) in [5.41, 5.74) is 0.575. The van der Waals surface area contributed by atoms with Crippen molar-refractivity contribution in [1.82, 2.24) is 0 Å². The first kappa shape index (κ1) is 17.3. The molecule has 1 aliphatic rings. The van der Waals surface area contributed by atoms with Gasteiger partial charge < -0.3 is 10.4 Å². The summed E-state index contributed by atoms with van der Waals surface area (Å²) in [7, 11) is 0. The molecule has 2 amide bonds. The van der Waals surface area contributed by atoms with E-state index in [9.17, 15) is 14.4 Å². The van der Waals surface area contributed by atoms with E-state index in [1.807, 2.05) is 0 Å². The van der Waals surface area contributed by atoms with Crippen LogP contribution in [0.25, 0.3) is 0 Å². The lowest BCUT2D eigenvalue weighted by Gasteiger charge is -2.17. The van der Waals surface area contributed by atoms with Gasteiger partial charge in [0.1, 0.15) is 6.04 Å². The normalized spacial score (nSPS) is 17.0. The van der Waals surface area contributed by atoms with Crippen LogP contribution in [0.3, 0.4) is 0 Å². The van der Waals surface area contributed by atoms with Crippen LogP contribution in [0.2, 0.25) is 10.0 Å². The maximum atomic E-state index is 12.6. The Labute approximate surface area is 153 Å². The number of aromatic carboxylic acids is 1. The maximum Gasteiger partial charge on any atom is 0.335 e. The molecular formula is C17H12Cl2N2O4. The molecule has 25 heavy (non-hydrogen) atoms. The Hall–Kier alpha value is -2.57. The molecule has 128 valence electrons. The molecule has 6 nitrogen and oxygen atoms in total. The molecule has 0 saturated carbocycles. The van der Waals surface area contributed by atoms with Gasteiger partial charge in [-0.25, -0.2) is 9.69 Å².